The first kappa shape index (κ1) is 17.4. The number of carbonyl (C=O) groups is 2. The van der Waals surface area contributed by atoms with Gasteiger partial charge < -0.3 is 15.4 Å². The number of hydrogen-bond donors (Lipinski definition) is 3. The smallest absolute Gasteiger partial charge is 0.407 e. The standard InChI is InChI=1S/C15H22N2O3S/c1-15(2,3)20-14(19)17-9-8-16-13(18)12-6-4-11(10-21)5-7-12/h4-7,21H,8-10H2,1-3H3,(H,16,18)(H,17,19). The Labute approximate surface area is 130 Å². The van der Waals surface area contributed by atoms with Gasteiger partial charge in [-0.05, 0) is 38.5 Å². The van der Waals surface area contributed by atoms with Crippen LogP contribution >= 0.6 is 12.6 Å². The number of nitrogens with one attached hydrogen (secondary N) is 2. The second kappa shape index (κ2) is 7.93. The van der Waals surface area contributed by atoms with Gasteiger partial charge in [0.15, 0.2) is 0 Å². The Balaban J connectivity index is 2.28. The molecule has 2 N–H and O–H groups in total. The third kappa shape index (κ3) is 7.04. The van der Waals surface area contributed by atoms with Crippen LogP contribution in [0.15, 0.2) is 24.3 Å². The largest absolute Gasteiger partial charge is 0.444 e. The molecule has 0 aromatic heterocycles. The quantitative estimate of drug-likeness (QED) is 0.578. The van der Waals surface area contributed by atoms with Crippen LogP contribution in [0.2, 0.25) is 0 Å². The van der Waals surface area contributed by atoms with Crippen molar-refractivity contribution in [3.63, 3.8) is 0 Å². The van der Waals surface area contributed by atoms with Gasteiger partial charge in [0.2, 0.25) is 0 Å². The molecular weight excluding hydrogens is 288 g/mol. The summed E-state index contributed by atoms with van der Waals surface area (Å²) in [5.41, 5.74) is 1.11. The van der Waals surface area contributed by atoms with Crippen LogP contribution in [0.5, 0.6) is 0 Å². The monoisotopic (exact) mass is 310 g/mol. The second-order valence-electron chi connectivity index (χ2n) is 5.54. The Morgan fingerprint density at radius 3 is 2.19 bits per heavy atom. The molecule has 0 spiro atoms. The van der Waals surface area contributed by atoms with Gasteiger partial charge in [-0.15, -0.1) is 0 Å². The molecule has 5 nitrogen and oxygen atoms in total. The molecule has 0 aliphatic rings. The number of rotatable bonds is 5. The molecule has 0 unspecified atom stereocenters. The van der Waals surface area contributed by atoms with Crippen LogP contribution in [0.4, 0.5) is 4.79 Å². The minimum absolute atomic E-state index is 0.174. The molecule has 0 fully saturated rings. The molecule has 1 aromatic carbocycles. The van der Waals surface area contributed by atoms with Crippen molar-refractivity contribution in [2.75, 3.05) is 13.1 Å². The fraction of sp³-hybridized carbons (Fsp3) is 0.467. The number of benzene rings is 1. The van der Waals surface area contributed by atoms with E-state index in [1.165, 1.54) is 0 Å². The summed E-state index contributed by atoms with van der Waals surface area (Å²) in [5, 5.41) is 5.30. The van der Waals surface area contributed by atoms with Crippen LogP contribution < -0.4 is 10.6 Å². The normalized spacial score (nSPS) is 10.9. The lowest BCUT2D eigenvalue weighted by Crippen LogP contribution is -2.37. The number of carbonyl (C=O) groups excluding carboxylic acids is 2. The maximum absolute atomic E-state index is 11.8. The minimum Gasteiger partial charge on any atom is -0.444 e. The number of ether oxygens (including phenoxy) is 1. The lowest BCUT2D eigenvalue weighted by Gasteiger charge is -2.19. The summed E-state index contributed by atoms with van der Waals surface area (Å²) >= 11 is 4.16. The van der Waals surface area contributed by atoms with Crippen LogP contribution in [0.25, 0.3) is 0 Å². The molecule has 0 saturated heterocycles. The molecular formula is C15H22N2O3S. The number of hydrogen-bond acceptors (Lipinski definition) is 4. The Morgan fingerprint density at radius 2 is 1.67 bits per heavy atom. The maximum atomic E-state index is 11.8. The van der Waals surface area contributed by atoms with Crippen LogP contribution in [-0.2, 0) is 10.5 Å². The SMILES string of the molecule is CC(C)(C)OC(=O)NCCNC(=O)c1ccc(CS)cc1. The van der Waals surface area contributed by atoms with Crippen LogP contribution in [0.3, 0.4) is 0 Å². The predicted molar refractivity (Wildman–Crippen MR) is 85.7 cm³/mol. The van der Waals surface area contributed by atoms with Gasteiger partial charge in [-0.25, -0.2) is 4.79 Å². The summed E-state index contributed by atoms with van der Waals surface area (Å²) in [4.78, 5) is 23.2. The Kier molecular flexibility index (Phi) is 6.55. The zero-order valence-corrected chi connectivity index (χ0v) is 13.5. The highest BCUT2D eigenvalue weighted by atomic mass is 32.1. The zero-order valence-electron chi connectivity index (χ0n) is 12.6. The molecule has 116 valence electrons. The summed E-state index contributed by atoms with van der Waals surface area (Å²) in [7, 11) is 0. The summed E-state index contributed by atoms with van der Waals surface area (Å²) in [6, 6.07) is 7.23. The summed E-state index contributed by atoms with van der Waals surface area (Å²) in [6.45, 7) is 6.04. The van der Waals surface area contributed by atoms with Crippen LogP contribution in [0.1, 0.15) is 36.7 Å². The van der Waals surface area contributed by atoms with Crippen LogP contribution in [0, 0.1) is 0 Å². The highest BCUT2D eigenvalue weighted by Gasteiger charge is 2.15. The van der Waals surface area contributed by atoms with Gasteiger partial charge in [0.25, 0.3) is 5.91 Å². The third-order valence-corrected chi connectivity index (χ3v) is 2.84. The first-order chi connectivity index (χ1) is 9.81. The van der Waals surface area contributed by atoms with E-state index < -0.39 is 11.7 Å². The predicted octanol–water partition coefficient (Wildman–Crippen LogP) is 2.37. The van der Waals surface area contributed by atoms with Crippen molar-refractivity contribution in [3.8, 4) is 0 Å². The van der Waals surface area contributed by atoms with Gasteiger partial charge in [-0.3, -0.25) is 4.79 Å². The van der Waals surface area contributed by atoms with E-state index in [1.54, 1.807) is 32.9 Å². The molecule has 21 heavy (non-hydrogen) atoms. The molecule has 0 bridgehead atoms. The fourth-order valence-corrected chi connectivity index (χ4v) is 1.73. The highest BCUT2D eigenvalue weighted by molar-refractivity contribution is 7.79. The zero-order chi connectivity index (χ0) is 15.9. The summed E-state index contributed by atoms with van der Waals surface area (Å²) in [5.74, 6) is 0.466. The molecule has 0 aliphatic carbocycles. The first-order valence-electron chi connectivity index (χ1n) is 6.76. The van der Waals surface area contributed by atoms with Crippen molar-refractivity contribution in [2.24, 2.45) is 0 Å². The van der Waals surface area contributed by atoms with Crippen molar-refractivity contribution in [3.05, 3.63) is 35.4 Å². The van der Waals surface area contributed by atoms with E-state index in [0.717, 1.165) is 5.56 Å². The lowest BCUT2D eigenvalue weighted by atomic mass is 10.1. The number of thiol groups is 1. The van der Waals surface area contributed by atoms with Gasteiger partial charge in [0.1, 0.15) is 5.60 Å². The Morgan fingerprint density at radius 1 is 1.10 bits per heavy atom. The molecule has 1 aromatic rings. The van der Waals surface area contributed by atoms with Gasteiger partial charge in [-0.2, -0.15) is 12.6 Å². The van der Waals surface area contributed by atoms with Gasteiger partial charge >= 0.3 is 6.09 Å². The summed E-state index contributed by atoms with van der Waals surface area (Å²) in [6.07, 6.45) is -0.491. The maximum Gasteiger partial charge on any atom is 0.407 e. The van der Waals surface area contributed by atoms with E-state index in [-0.39, 0.29) is 5.91 Å². The van der Waals surface area contributed by atoms with Crippen LogP contribution in [-0.4, -0.2) is 30.7 Å². The molecule has 1 rings (SSSR count). The number of amides is 2. The molecule has 0 radical (unpaired) electrons. The van der Waals surface area contributed by atoms with E-state index in [1.807, 2.05) is 12.1 Å². The van der Waals surface area contributed by atoms with E-state index in [4.69, 9.17) is 4.74 Å². The molecule has 0 atom stereocenters. The Bertz CT molecular complexity index is 481. The number of alkyl carbamates (subject to hydrolysis) is 1. The van der Waals surface area contributed by atoms with Crippen molar-refractivity contribution < 1.29 is 14.3 Å². The van der Waals surface area contributed by atoms with Crippen molar-refractivity contribution in [1.82, 2.24) is 10.6 Å². The fourth-order valence-electron chi connectivity index (χ4n) is 1.52. The first-order valence-corrected chi connectivity index (χ1v) is 7.40. The van der Waals surface area contributed by atoms with E-state index in [0.29, 0.717) is 24.4 Å². The molecule has 2 amide bonds. The second-order valence-corrected chi connectivity index (χ2v) is 5.86. The van der Waals surface area contributed by atoms with Gasteiger partial charge in [0.05, 0.1) is 0 Å². The molecule has 0 saturated carbocycles. The van der Waals surface area contributed by atoms with Gasteiger partial charge in [-0.1, -0.05) is 12.1 Å². The average molecular weight is 310 g/mol. The summed E-state index contributed by atoms with van der Waals surface area (Å²) < 4.78 is 5.08. The Hall–Kier alpha value is -1.69. The average Bonchev–Trinajstić information content (AvgIpc) is 2.41. The lowest BCUT2D eigenvalue weighted by molar-refractivity contribution is 0.0526. The van der Waals surface area contributed by atoms with Crippen molar-refractivity contribution >= 4 is 24.6 Å². The van der Waals surface area contributed by atoms with E-state index in [2.05, 4.69) is 23.3 Å². The minimum atomic E-state index is -0.526. The van der Waals surface area contributed by atoms with Crippen molar-refractivity contribution in [2.45, 2.75) is 32.1 Å². The van der Waals surface area contributed by atoms with E-state index >= 15 is 0 Å². The van der Waals surface area contributed by atoms with Gasteiger partial charge in [0, 0.05) is 24.4 Å². The topological polar surface area (TPSA) is 67.4 Å². The molecule has 6 heteroatoms. The van der Waals surface area contributed by atoms with E-state index in [9.17, 15) is 9.59 Å². The third-order valence-electron chi connectivity index (χ3n) is 2.48. The molecule has 0 heterocycles. The van der Waals surface area contributed by atoms with Crippen molar-refractivity contribution in [1.29, 1.82) is 0 Å². The molecule has 0 aliphatic heterocycles. The highest BCUT2D eigenvalue weighted by Crippen LogP contribution is 2.07.